The van der Waals surface area contributed by atoms with Crippen LogP contribution in [0.25, 0.3) is 0 Å². The molecule has 0 aromatic carbocycles. The standard InChI is InChI=1S/C4H8NO.2C2H5.2Zn/c1-2-3-4(5)6;2*1-2;;/h1-3H2,(H2,5,6);2*1H2,2H3;;/q3*-1;;+2. The summed E-state index contributed by atoms with van der Waals surface area (Å²) in [5.74, 6) is -0.273. The molecule has 0 atom stereocenters. The van der Waals surface area contributed by atoms with E-state index >= 15 is 0 Å². The van der Waals surface area contributed by atoms with Crippen molar-refractivity contribution in [3.63, 3.8) is 0 Å². The van der Waals surface area contributed by atoms with Gasteiger partial charge < -0.3 is 26.5 Å². The summed E-state index contributed by atoms with van der Waals surface area (Å²) in [4.78, 5) is 9.78. The maximum absolute atomic E-state index is 9.78. The van der Waals surface area contributed by atoms with E-state index < -0.39 is 0 Å². The van der Waals surface area contributed by atoms with Gasteiger partial charge in [0.1, 0.15) is 0 Å². The van der Waals surface area contributed by atoms with E-state index in [9.17, 15) is 4.79 Å². The molecule has 0 saturated carbocycles. The summed E-state index contributed by atoms with van der Waals surface area (Å²) in [7, 11) is 0. The smallest absolute Gasteiger partial charge is 0.370 e. The molecule has 66 valence electrons. The van der Waals surface area contributed by atoms with Gasteiger partial charge in [0.05, 0.1) is 0 Å². The van der Waals surface area contributed by atoms with E-state index in [1.54, 1.807) is 13.8 Å². The Bertz CT molecular complexity index is 61.0. The Labute approximate surface area is 103 Å². The SMILES string of the molecule is [CH2-]C.[CH2-]C.[CH2-]CCC(N)=O.[Zn+2].[Zn]. The van der Waals surface area contributed by atoms with Crippen LogP contribution in [0, 0.1) is 20.8 Å². The normalized spacial score (nSPS) is 5.08. The Morgan fingerprint density at radius 3 is 1.50 bits per heavy atom. The fourth-order valence-electron chi connectivity index (χ4n) is 0.174. The number of hydrogen-bond donors (Lipinski definition) is 1. The van der Waals surface area contributed by atoms with E-state index in [-0.39, 0.29) is 44.9 Å². The molecule has 1 amide bonds. The summed E-state index contributed by atoms with van der Waals surface area (Å²) in [5.41, 5.74) is 4.72. The first-order valence-electron chi connectivity index (χ1n) is 3.26. The molecule has 0 aliphatic rings. The molecule has 0 bridgehead atoms. The van der Waals surface area contributed by atoms with Crippen molar-refractivity contribution in [2.45, 2.75) is 26.7 Å². The average molecular weight is 275 g/mol. The number of rotatable bonds is 2. The molecule has 0 aromatic rings. The van der Waals surface area contributed by atoms with Crippen molar-refractivity contribution in [3.8, 4) is 0 Å². The minimum Gasteiger partial charge on any atom is -0.370 e. The van der Waals surface area contributed by atoms with Gasteiger partial charge in [-0.05, 0) is 6.42 Å². The third-order valence-corrected chi connectivity index (χ3v) is 0.423. The van der Waals surface area contributed by atoms with Crippen LogP contribution in [0.15, 0.2) is 0 Å². The number of amides is 1. The molecule has 0 aliphatic heterocycles. The number of carbonyl (C=O) groups excluding carboxylic acids is 1. The molecule has 0 aromatic heterocycles. The molecule has 0 radical (unpaired) electrons. The van der Waals surface area contributed by atoms with Crippen molar-refractivity contribution in [1.29, 1.82) is 0 Å². The van der Waals surface area contributed by atoms with Gasteiger partial charge in [-0.2, -0.15) is 20.3 Å². The third kappa shape index (κ3) is 73.2. The first-order chi connectivity index (χ1) is 4.77. The van der Waals surface area contributed by atoms with Crippen molar-refractivity contribution < 1.29 is 43.8 Å². The monoisotopic (exact) mass is 272 g/mol. The summed E-state index contributed by atoms with van der Waals surface area (Å²) >= 11 is 0. The largest absolute Gasteiger partial charge is 2.00 e. The molecule has 0 fully saturated rings. The maximum Gasteiger partial charge on any atom is 2.00 e. The van der Waals surface area contributed by atoms with Crippen molar-refractivity contribution in [2.24, 2.45) is 5.73 Å². The van der Waals surface area contributed by atoms with Gasteiger partial charge in [0.15, 0.2) is 0 Å². The second-order valence-electron chi connectivity index (χ2n) is 1.07. The van der Waals surface area contributed by atoms with Gasteiger partial charge in [-0.15, -0.1) is 0 Å². The van der Waals surface area contributed by atoms with Crippen LogP contribution >= 0.6 is 0 Å². The summed E-state index contributed by atoms with van der Waals surface area (Å²) in [6.45, 7) is 13.4. The fourth-order valence-corrected chi connectivity index (χ4v) is 0.174. The van der Waals surface area contributed by atoms with Gasteiger partial charge in [0.2, 0.25) is 5.91 Å². The Morgan fingerprint density at radius 1 is 1.25 bits per heavy atom. The molecule has 4 heteroatoms. The molecular formula is C8H18NOZn2-. The van der Waals surface area contributed by atoms with Crippen LogP contribution in [0.1, 0.15) is 26.7 Å². The van der Waals surface area contributed by atoms with Gasteiger partial charge in [-0.25, -0.2) is 0 Å². The second-order valence-corrected chi connectivity index (χ2v) is 1.07. The predicted molar refractivity (Wildman–Crippen MR) is 45.8 cm³/mol. The minimum absolute atomic E-state index is 0. The zero-order valence-electron chi connectivity index (χ0n) is 8.44. The van der Waals surface area contributed by atoms with Crippen LogP contribution in [-0.4, -0.2) is 5.91 Å². The van der Waals surface area contributed by atoms with E-state index in [1.165, 1.54) is 0 Å². The molecule has 0 aliphatic carbocycles. The molecule has 2 N–H and O–H groups in total. The Hall–Kier alpha value is 0.717. The molecule has 12 heavy (non-hydrogen) atoms. The summed E-state index contributed by atoms with van der Waals surface area (Å²) in [6.07, 6.45) is 1.01. The fraction of sp³-hybridized carbons (Fsp3) is 0.500. The van der Waals surface area contributed by atoms with Crippen LogP contribution in [0.2, 0.25) is 0 Å². The van der Waals surface area contributed by atoms with Crippen molar-refractivity contribution in [3.05, 3.63) is 20.8 Å². The minimum atomic E-state index is -0.273. The average Bonchev–Trinajstić information content (AvgIpc) is 1.96. The number of nitrogens with two attached hydrogens (primary N) is 1. The molecule has 0 rings (SSSR count). The van der Waals surface area contributed by atoms with Gasteiger partial charge >= 0.3 is 19.5 Å². The van der Waals surface area contributed by atoms with Crippen LogP contribution < -0.4 is 5.73 Å². The van der Waals surface area contributed by atoms with Crippen LogP contribution in [0.3, 0.4) is 0 Å². The van der Waals surface area contributed by atoms with E-state index in [2.05, 4.69) is 20.8 Å². The van der Waals surface area contributed by atoms with Crippen molar-refractivity contribution in [1.82, 2.24) is 0 Å². The van der Waals surface area contributed by atoms with Gasteiger partial charge in [-0.1, -0.05) is 0 Å². The van der Waals surface area contributed by atoms with E-state index in [1.807, 2.05) is 0 Å². The second kappa shape index (κ2) is 41.2. The van der Waals surface area contributed by atoms with E-state index in [0.717, 1.165) is 0 Å². The van der Waals surface area contributed by atoms with Gasteiger partial charge in [-0.3, -0.25) is 4.79 Å². The molecule has 0 heterocycles. The van der Waals surface area contributed by atoms with Crippen LogP contribution in [0.5, 0.6) is 0 Å². The van der Waals surface area contributed by atoms with Crippen molar-refractivity contribution in [2.75, 3.05) is 0 Å². The number of primary amides is 1. The molecule has 0 unspecified atom stereocenters. The summed E-state index contributed by atoms with van der Waals surface area (Å²) in [5, 5.41) is 0. The molecule has 0 saturated heterocycles. The van der Waals surface area contributed by atoms with Crippen molar-refractivity contribution >= 4 is 5.91 Å². The zero-order valence-corrected chi connectivity index (χ0v) is 14.4. The predicted octanol–water partition coefficient (Wildman–Crippen LogP) is 1.76. The molecule has 2 nitrogen and oxygen atoms in total. The Balaban J connectivity index is -0.0000000241. The van der Waals surface area contributed by atoms with Crippen LogP contribution in [-0.2, 0) is 43.8 Å². The van der Waals surface area contributed by atoms with Crippen LogP contribution in [0.4, 0.5) is 0 Å². The maximum atomic E-state index is 9.78. The summed E-state index contributed by atoms with van der Waals surface area (Å²) < 4.78 is 0. The Kier molecular flexibility index (Phi) is 101. The van der Waals surface area contributed by atoms with Gasteiger partial charge in [0, 0.05) is 19.5 Å². The molecular weight excluding hydrogens is 257 g/mol. The number of carbonyl (C=O) groups is 1. The summed E-state index contributed by atoms with van der Waals surface area (Å²) in [6, 6.07) is 0. The zero-order chi connectivity index (χ0) is 8.99. The Morgan fingerprint density at radius 2 is 1.50 bits per heavy atom. The number of hydrogen-bond acceptors (Lipinski definition) is 1. The molecule has 0 spiro atoms. The third-order valence-electron chi connectivity index (χ3n) is 0.423. The first kappa shape index (κ1) is 29.3. The van der Waals surface area contributed by atoms with E-state index in [4.69, 9.17) is 5.73 Å². The van der Waals surface area contributed by atoms with E-state index in [0.29, 0.717) is 12.8 Å². The quantitative estimate of drug-likeness (QED) is 0.605. The first-order valence-corrected chi connectivity index (χ1v) is 3.26. The topological polar surface area (TPSA) is 43.1 Å². The van der Waals surface area contributed by atoms with Gasteiger partial charge in [0.25, 0.3) is 0 Å².